The van der Waals surface area contributed by atoms with Crippen LogP contribution in [-0.2, 0) is 0 Å². The molecule has 0 spiro atoms. The largest absolute Gasteiger partial charge is 0.463 e. The number of rotatable bonds is 5. The predicted molar refractivity (Wildman–Crippen MR) is 104 cm³/mol. The van der Waals surface area contributed by atoms with Gasteiger partial charge >= 0.3 is 0 Å². The Morgan fingerprint density at radius 3 is 2.71 bits per heavy atom. The van der Waals surface area contributed by atoms with Crippen LogP contribution in [0.15, 0.2) is 71.7 Å². The summed E-state index contributed by atoms with van der Waals surface area (Å²) in [6, 6.07) is 15.2. The molecule has 0 saturated carbocycles. The summed E-state index contributed by atoms with van der Waals surface area (Å²) < 4.78 is 5.35. The number of hydrogen-bond donors (Lipinski definition) is 3. The van der Waals surface area contributed by atoms with Crippen LogP contribution in [0.5, 0.6) is 0 Å². The standard InChI is InChI=1S/C19H14N8O/c1-5-13-12(4-2-8-20-13)14(6-1)23-18-21-11-22-19(25-18)24-17-10-15(26-27-17)16-7-3-9-28-16/h1-11H,(H3,21,22,23,24,25,26,27). The number of aromatic amines is 1. The molecule has 9 nitrogen and oxygen atoms in total. The van der Waals surface area contributed by atoms with Crippen molar-refractivity contribution in [3.05, 3.63) is 67.3 Å². The van der Waals surface area contributed by atoms with Crippen molar-refractivity contribution in [1.29, 1.82) is 0 Å². The summed E-state index contributed by atoms with van der Waals surface area (Å²) >= 11 is 0. The van der Waals surface area contributed by atoms with Crippen LogP contribution in [-0.4, -0.2) is 30.1 Å². The zero-order chi connectivity index (χ0) is 18.8. The molecule has 0 amide bonds. The van der Waals surface area contributed by atoms with Crippen molar-refractivity contribution in [2.75, 3.05) is 10.6 Å². The molecule has 0 aliphatic heterocycles. The van der Waals surface area contributed by atoms with E-state index in [1.807, 2.05) is 48.5 Å². The fourth-order valence-electron chi connectivity index (χ4n) is 2.81. The van der Waals surface area contributed by atoms with Gasteiger partial charge in [-0.05, 0) is 36.4 Å². The van der Waals surface area contributed by atoms with Gasteiger partial charge in [-0.1, -0.05) is 6.07 Å². The minimum Gasteiger partial charge on any atom is -0.463 e. The first kappa shape index (κ1) is 15.9. The van der Waals surface area contributed by atoms with Gasteiger partial charge in [-0.25, -0.2) is 9.97 Å². The van der Waals surface area contributed by atoms with Crippen molar-refractivity contribution < 1.29 is 4.42 Å². The van der Waals surface area contributed by atoms with E-state index in [9.17, 15) is 0 Å². The lowest BCUT2D eigenvalue weighted by molar-refractivity contribution is 0.580. The van der Waals surface area contributed by atoms with Crippen molar-refractivity contribution in [2.45, 2.75) is 0 Å². The molecule has 28 heavy (non-hydrogen) atoms. The molecule has 0 fully saturated rings. The zero-order valence-corrected chi connectivity index (χ0v) is 14.5. The summed E-state index contributed by atoms with van der Waals surface area (Å²) in [7, 11) is 0. The second-order valence-electron chi connectivity index (χ2n) is 5.90. The Bertz CT molecular complexity index is 1230. The second kappa shape index (κ2) is 6.80. The van der Waals surface area contributed by atoms with E-state index in [0.717, 1.165) is 22.3 Å². The molecule has 0 unspecified atom stereocenters. The lowest BCUT2D eigenvalue weighted by atomic mass is 10.2. The maximum Gasteiger partial charge on any atom is 0.233 e. The van der Waals surface area contributed by atoms with Gasteiger partial charge in [0, 0.05) is 17.6 Å². The van der Waals surface area contributed by atoms with Crippen LogP contribution in [0, 0.1) is 0 Å². The molecular formula is C19H14N8O. The Morgan fingerprint density at radius 2 is 1.82 bits per heavy atom. The van der Waals surface area contributed by atoms with Crippen LogP contribution in [0.1, 0.15) is 0 Å². The highest BCUT2D eigenvalue weighted by molar-refractivity contribution is 5.92. The van der Waals surface area contributed by atoms with Crippen LogP contribution in [0.25, 0.3) is 22.4 Å². The van der Waals surface area contributed by atoms with Crippen molar-refractivity contribution in [1.82, 2.24) is 30.1 Å². The topological polar surface area (TPSA) is 117 Å². The van der Waals surface area contributed by atoms with E-state index in [0.29, 0.717) is 23.5 Å². The molecule has 4 heterocycles. The molecule has 136 valence electrons. The second-order valence-corrected chi connectivity index (χ2v) is 5.90. The number of pyridine rings is 1. The summed E-state index contributed by atoms with van der Waals surface area (Å²) in [5.41, 5.74) is 2.51. The van der Waals surface area contributed by atoms with E-state index in [1.165, 1.54) is 6.33 Å². The smallest absolute Gasteiger partial charge is 0.233 e. The van der Waals surface area contributed by atoms with E-state index < -0.39 is 0 Å². The van der Waals surface area contributed by atoms with Gasteiger partial charge in [-0.3, -0.25) is 10.1 Å². The third kappa shape index (κ3) is 3.12. The molecule has 5 aromatic rings. The molecule has 0 atom stereocenters. The molecular weight excluding hydrogens is 356 g/mol. The molecule has 0 saturated heterocycles. The van der Waals surface area contributed by atoms with Crippen LogP contribution in [0.3, 0.4) is 0 Å². The van der Waals surface area contributed by atoms with E-state index in [2.05, 4.69) is 40.8 Å². The van der Waals surface area contributed by atoms with Crippen molar-refractivity contribution in [3.63, 3.8) is 0 Å². The SMILES string of the molecule is c1coc(-c2cc(Nc3ncnc(Nc4cccc5ncccc45)n3)n[nH]2)c1. The van der Waals surface area contributed by atoms with Crippen molar-refractivity contribution >= 4 is 34.3 Å². The average molecular weight is 370 g/mol. The molecule has 0 aliphatic rings. The average Bonchev–Trinajstić information content (AvgIpc) is 3.41. The first-order chi connectivity index (χ1) is 13.8. The van der Waals surface area contributed by atoms with Gasteiger partial charge in [0.25, 0.3) is 0 Å². The number of benzene rings is 1. The Morgan fingerprint density at radius 1 is 0.893 bits per heavy atom. The highest BCUT2D eigenvalue weighted by Crippen LogP contribution is 2.24. The van der Waals surface area contributed by atoms with E-state index >= 15 is 0 Å². The van der Waals surface area contributed by atoms with Gasteiger partial charge in [0.2, 0.25) is 11.9 Å². The molecule has 9 heteroatoms. The first-order valence-corrected chi connectivity index (χ1v) is 8.51. The van der Waals surface area contributed by atoms with E-state index in [1.54, 1.807) is 12.5 Å². The van der Waals surface area contributed by atoms with Gasteiger partial charge < -0.3 is 15.1 Å². The number of H-pyrrole nitrogens is 1. The third-order valence-electron chi connectivity index (χ3n) is 4.07. The first-order valence-electron chi connectivity index (χ1n) is 8.51. The Hall–Kier alpha value is -4.27. The lowest BCUT2D eigenvalue weighted by Gasteiger charge is -2.08. The van der Waals surface area contributed by atoms with Gasteiger partial charge in [0.1, 0.15) is 12.0 Å². The van der Waals surface area contributed by atoms with Crippen LogP contribution >= 0.6 is 0 Å². The zero-order valence-electron chi connectivity index (χ0n) is 14.5. The van der Waals surface area contributed by atoms with E-state index in [4.69, 9.17) is 4.42 Å². The quantitative estimate of drug-likeness (QED) is 0.426. The van der Waals surface area contributed by atoms with Gasteiger partial charge in [-0.2, -0.15) is 10.1 Å². The normalized spacial score (nSPS) is 10.9. The summed E-state index contributed by atoms with van der Waals surface area (Å²) in [6.45, 7) is 0. The third-order valence-corrected chi connectivity index (χ3v) is 4.07. The minimum atomic E-state index is 0.369. The van der Waals surface area contributed by atoms with E-state index in [-0.39, 0.29) is 0 Å². The number of fused-ring (bicyclic) bond motifs is 1. The van der Waals surface area contributed by atoms with Gasteiger partial charge in [-0.15, -0.1) is 0 Å². The fourth-order valence-corrected chi connectivity index (χ4v) is 2.81. The van der Waals surface area contributed by atoms with Gasteiger partial charge in [0.15, 0.2) is 11.6 Å². The monoisotopic (exact) mass is 370 g/mol. The number of nitrogens with one attached hydrogen (secondary N) is 3. The van der Waals surface area contributed by atoms with Crippen LogP contribution in [0.4, 0.5) is 23.4 Å². The Kier molecular flexibility index (Phi) is 3.87. The molecule has 0 radical (unpaired) electrons. The Labute approximate surface area is 158 Å². The highest BCUT2D eigenvalue weighted by atomic mass is 16.3. The predicted octanol–water partition coefficient (Wildman–Crippen LogP) is 3.89. The fraction of sp³-hybridized carbons (Fsp3) is 0. The van der Waals surface area contributed by atoms with Gasteiger partial charge in [0.05, 0.1) is 17.5 Å². The van der Waals surface area contributed by atoms with Crippen molar-refractivity contribution in [2.24, 2.45) is 0 Å². The van der Waals surface area contributed by atoms with Crippen molar-refractivity contribution in [3.8, 4) is 11.5 Å². The molecule has 4 aromatic heterocycles. The number of anilines is 4. The number of furan rings is 1. The summed E-state index contributed by atoms with van der Waals surface area (Å²) in [5.74, 6) is 2.05. The molecule has 0 aliphatic carbocycles. The number of aromatic nitrogens is 6. The van der Waals surface area contributed by atoms with Crippen LogP contribution < -0.4 is 10.6 Å². The summed E-state index contributed by atoms with van der Waals surface area (Å²) in [5, 5.41) is 14.3. The Balaban J connectivity index is 1.38. The summed E-state index contributed by atoms with van der Waals surface area (Å²) in [4.78, 5) is 17.1. The maximum absolute atomic E-state index is 5.35. The lowest BCUT2D eigenvalue weighted by Crippen LogP contribution is -2.03. The molecule has 5 rings (SSSR count). The molecule has 1 aromatic carbocycles. The molecule has 0 bridgehead atoms. The number of hydrogen-bond acceptors (Lipinski definition) is 8. The highest BCUT2D eigenvalue weighted by Gasteiger charge is 2.09. The number of nitrogens with zero attached hydrogens (tertiary/aromatic N) is 5. The maximum atomic E-state index is 5.35. The summed E-state index contributed by atoms with van der Waals surface area (Å²) in [6.07, 6.45) is 4.80. The molecule has 3 N–H and O–H groups in total. The van der Waals surface area contributed by atoms with Crippen LogP contribution in [0.2, 0.25) is 0 Å². The minimum absolute atomic E-state index is 0.369.